The maximum absolute atomic E-state index is 13.1. The molecule has 32 heavy (non-hydrogen) atoms. The molecule has 1 fully saturated rings. The summed E-state index contributed by atoms with van der Waals surface area (Å²) in [6.45, 7) is 3.61. The summed E-state index contributed by atoms with van der Waals surface area (Å²) in [6.07, 6.45) is 3.20. The van der Waals surface area contributed by atoms with E-state index in [0.29, 0.717) is 21.4 Å². The number of esters is 1. The largest absolute Gasteiger partial charge is 0.481 e. The number of aliphatic imine (C=N–C) groups is 1. The Morgan fingerprint density at radius 3 is 2.62 bits per heavy atom. The van der Waals surface area contributed by atoms with Crippen molar-refractivity contribution in [3.05, 3.63) is 46.3 Å². The highest BCUT2D eigenvalue weighted by molar-refractivity contribution is 8.16. The van der Waals surface area contributed by atoms with Crippen LogP contribution in [0.2, 0.25) is 0 Å². The highest BCUT2D eigenvalue weighted by Crippen LogP contribution is 2.43. The number of thiophene rings is 1. The molecule has 2 aliphatic rings. The van der Waals surface area contributed by atoms with Crippen LogP contribution in [0, 0.1) is 0 Å². The minimum atomic E-state index is -1.04. The summed E-state index contributed by atoms with van der Waals surface area (Å²) in [4.78, 5) is 44.7. The first-order chi connectivity index (χ1) is 15.3. The summed E-state index contributed by atoms with van der Waals surface area (Å²) < 4.78 is 5.51. The quantitative estimate of drug-likeness (QED) is 0.607. The lowest BCUT2D eigenvalue weighted by atomic mass is 9.95. The van der Waals surface area contributed by atoms with Gasteiger partial charge in [0.25, 0.3) is 0 Å². The lowest BCUT2D eigenvalue weighted by Gasteiger charge is -2.16. The zero-order valence-electron chi connectivity index (χ0n) is 17.9. The van der Waals surface area contributed by atoms with Gasteiger partial charge < -0.3 is 9.84 Å². The minimum absolute atomic E-state index is 0.259. The number of hydrogen-bond donors (Lipinski definition) is 1. The van der Waals surface area contributed by atoms with Gasteiger partial charge >= 0.3 is 11.9 Å². The number of para-hydroxylation sites is 1. The highest BCUT2D eigenvalue weighted by atomic mass is 32.2. The molecular formula is C23H24N2O5S2. The van der Waals surface area contributed by atoms with Crippen molar-refractivity contribution in [1.82, 2.24) is 0 Å². The number of hydrogen-bond acceptors (Lipinski definition) is 7. The molecule has 7 nitrogen and oxygen atoms in total. The van der Waals surface area contributed by atoms with Crippen molar-refractivity contribution in [2.45, 2.75) is 57.3 Å². The molecular weight excluding hydrogens is 448 g/mol. The van der Waals surface area contributed by atoms with Gasteiger partial charge in [-0.15, -0.1) is 11.3 Å². The molecule has 1 aliphatic heterocycles. The van der Waals surface area contributed by atoms with Crippen molar-refractivity contribution < 1.29 is 24.2 Å². The van der Waals surface area contributed by atoms with E-state index >= 15 is 0 Å². The third-order valence-corrected chi connectivity index (χ3v) is 7.53. The number of carbonyl (C=O) groups excluding carboxylic acids is 2. The highest BCUT2D eigenvalue weighted by Gasteiger charge is 2.41. The number of benzene rings is 1. The fourth-order valence-corrected chi connectivity index (χ4v) is 6.28. The molecule has 4 rings (SSSR count). The molecule has 168 valence electrons. The molecule has 0 radical (unpaired) electrons. The van der Waals surface area contributed by atoms with E-state index in [2.05, 4.69) is 0 Å². The molecule has 9 heteroatoms. The second-order valence-electron chi connectivity index (χ2n) is 7.95. The molecule has 1 atom stereocenters. The Morgan fingerprint density at radius 1 is 1.22 bits per heavy atom. The number of amides is 1. The second-order valence-corrected chi connectivity index (χ2v) is 10.2. The monoisotopic (exact) mass is 472 g/mol. The van der Waals surface area contributed by atoms with Gasteiger partial charge in [0.1, 0.15) is 10.3 Å². The Balaban J connectivity index is 1.80. The fourth-order valence-electron chi connectivity index (χ4n) is 3.85. The second kappa shape index (κ2) is 9.46. The van der Waals surface area contributed by atoms with Crippen LogP contribution in [0.15, 0.2) is 35.3 Å². The third kappa shape index (κ3) is 4.59. The average Bonchev–Trinajstić information content (AvgIpc) is 3.25. The van der Waals surface area contributed by atoms with Crippen molar-refractivity contribution in [3.8, 4) is 0 Å². The number of carboxylic acids is 1. The Kier molecular flexibility index (Phi) is 6.66. The third-order valence-electron chi connectivity index (χ3n) is 5.21. The Labute approximate surface area is 194 Å². The van der Waals surface area contributed by atoms with Crippen LogP contribution in [0.25, 0.3) is 0 Å². The molecule has 0 saturated carbocycles. The van der Waals surface area contributed by atoms with E-state index in [1.54, 1.807) is 26.0 Å². The van der Waals surface area contributed by atoms with Crippen LogP contribution in [-0.4, -0.2) is 39.5 Å². The van der Waals surface area contributed by atoms with Crippen LogP contribution in [0.1, 0.15) is 53.9 Å². The van der Waals surface area contributed by atoms with E-state index in [0.717, 1.165) is 47.9 Å². The van der Waals surface area contributed by atoms with E-state index in [-0.39, 0.29) is 18.4 Å². The number of fused-ring (bicyclic) bond motifs is 1. The van der Waals surface area contributed by atoms with Crippen LogP contribution in [0.5, 0.6) is 0 Å². The zero-order valence-corrected chi connectivity index (χ0v) is 19.5. The summed E-state index contributed by atoms with van der Waals surface area (Å²) in [5.41, 5.74) is 2.09. The standard InChI is InChI=1S/C23H24N2O5S2/c1-13(2)30-22(29)19-15-10-6-7-11-16(15)31-20(19)24-23-25(14-8-4-3-5-9-14)21(28)17(32-23)12-18(26)27/h3-5,8-9,13,17H,6-7,10-12H2,1-2H3,(H,26,27)/b24-23-. The van der Waals surface area contributed by atoms with Gasteiger partial charge in [0.2, 0.25) is 5.91 Å². The van der Waals surface area contributed by atoms with Crippen LogP contribution in [0.4, 0.5) is 10.7 Å². The van der Waals surface area contributed by atoms with Crippen LogP contribution >= 0.6 is 23.1 Å². The molecule has 1 saturated heterocycles. The summed E-state index contributed by atoms with van der Waals surface area (Å²) in [5, 5.41) is 9.38. The normalized spacial score (nSPS) is 19.5. The average molecular weight is 473 g/mol. The molecule has 0 spiro atoms. The lowest BCUT2D eigenvalue weighted by molar-refractivity contribution is -0.138. The van der Waals surface area contributed by atoms with Gasteiger partial charge in [-0.1, -0.05) is 30.0 Å². The number of aliphatic carboxylic acids is 1. The number of amidine groups is 1. The van der Waals surface area contributed by atoms with Crippen molar-refractivity contribution in [3.63, 3.8) is 0 Å². The number of rotatable bonds is 6. The number of nitrogens with zero attached hydrogens (tertiary/aromatic N) is 2. The smallest absolute Gasteiger partial charge is 0.341 e. The van der Waals surface area contributed by atoms with Crippen molar-refractivity contribution in [1.29, 1.82) is 0 Å². The van der Waals surface area contributed by atoms with Gasteiger partial charge in [0.05, 0.1) is 23.8 Å². The molecule has 1 unspecified atom stereocenters. The summed E-state index contributed by atoms with van der Waals surface area (Å²) in [6, 6.07) is 9.03. The van der Waals surface area contributed by atoms with Gasteiger partial charge in [0, 0.05) is 4.88 Å². The van der Waals surface area contributed by atoms with Gasteiger partial charge in [-0.2, -0.15) is 0 Å². The fraction of sp³-hybridized carbons (Fsp3) is 0.391. The van der Waals surface area contributed by atoms with E-state index in [1.165, 1.54) is 16.2 Å². The van der Waals surface area contributed by atoms with Crippen LogP contribution in [0.3, 0.4) is 0 Å². The van der Waals surface area contributed by atoms with Crippen molar-refractivity contribution in [2.24, 2.45) is 4.99 Å². The number of aryl methyl sites for hydroxylation is 1. The van der Waals surface area contributed by atoms with Crippen molar-refractivity contribution in [2.75, 3.05) is 4.90 Å². The predicted octanol–water partition coefficient (Wildman–Crippen LogP) is 4.80. The van der Waals surface area contributed by atoms with Crippen LogP contribution < -0.4 is 4.90 Å². The van der Waals surface area contributed by atoms with E-state index in [9.17, 15) is 19.5 Å². The van der Waals surface area contributed by atoms with E-state index in [4.69, 9.17) is 9.73 Å². The van der Waals surface area contributed by atoms with E-state index < -0.39 is 17.2 Å². The number of carbonyl (C=O) groups is 3. The molecule has 2 aromatic rings. The van der Waals surface area contributed by atoms with Gasteiger partial charge in [-0.05, 0) is 57.2 Å². The summed E-state index contributed by atoms with van der Waals surface area (Å²) >= 11 is 2.59. The lowest BCUT2D eigenvalue weighted by Crippen LogP contribution is -2.32. The number of carboxylic acid groups (broad SMARTS) is 1. The SMILES string of the molecule is CC(C)OC(=O)c1c(/N=C2\SC(CC(=O)O)C(=O)N2c2ccccc2)sc2c1CCCC2. The Morgan fingerprint density at radius 2 is 1.94 bits per heavy atom. The van der Waals surface area contributed by atoms with Gasteiger partial charge in [0.15, 0.2) is 5.17 Å². The minimum Gasteiger partial charge on any atom is -0.481 e. The topological polar surface area (TPSA) is 96.3 Å². The van der Waals surface area contributed by atoms with Gasteiger partial charge in [-0.3, -0.25) is 14.5 Å². The molecule has 2 heterocycles. The van der Waals surface area contributed by atoms with Gasteiger partial charge in [-0.25, -0.2) is 9.79 Å². The first-order valence-corrected chi connectivity index (χ1v) is 12.3. The number of anilines is 1. The summed E-state index contributed by atoms with van der Waals surface area (Å²) in [5.74, 6) is -1.77. The maximum Gasteiger partial charge on any atom is 0.341 e. The molecule has 1 N–H and O–H groups in total. The first kappa shape index (κ1) is 22.5. The summed E-state index contributed by atoms with van der Waals surface area (Å²) in [7, 11) is 0. The Bertz CT molecular complexity index is 1080. The molecule has 1 aromatic carbocycles. The number of ether oxygens (including phenoxy) is 1. The molecule has 1 aliphatic carbocycles. The zero-order chi connectivity index (χ0) is 22.8. The van der Waals surface area contributed by atoms with Crippen molar-refractivity contribution >= 4 is 56.8 Å². The molecule has 1 amide bonds. The van der Waals surface area contributed by atoms with Crippen LogP contribution in [-0.2, 0) is 27.2 Å². The number of thioether (sulfide) groups is 1. The molecule has 1 aromatic heterocycles. The first-order valence-electron chi connectivity index (χ1n) is 10.6. The Hall–Kier alpha value is -2.65. The van der Waals surface area contributed by atoms with E-state index in [1.807, 2.05) is 18.2 Å². The predicted molar refractivity (Wildman–Crippen MR) is 126 cm³/mol. The molecule has 0 bridgehead atoms. The maximum atomic E-state index is 13.1.